The third-order valence-corrected chi connectivity index (χ3v) is 3.93. The van der Waals surface area contributed by atoms with Crippen molar-refractivity contribution >= 4 is 7.12 Å². The first-order valence-electron chi connectivity index (χ1n) is 7.48. The number of hydrogen-bond donors (Lipinski definition) is 3. The lowest BCUT2D eigenvalue weighted by Crippen LogP contribution is -2.36. The number of unbranched alkanes of at least 4 members (excludes halogenated alkanes) is 1. The summed E-state index contributed by atoms with van der Waals surface area (Å²) in [6, 6.07) is 0.793. The van der Waals surface area contributed by atoms with Gasteiger partial charge in [0.05, 0.1) is 6.61 Å². The zero-order valence-electron chi connectivity index (χ0n) is 12.1. The molecule has 4 N–H and O–H groups in total. The van der Waals surface area contributed by atoms with Gasteiger partial charge in [-0.05, 0) is 45.1 Å². The van der Waals surface area contributed by atoms with Crippen molar-refractivity contribution in [3.8, 4) is 0 Å². The topological polar surface area (TPSA) is 79.0 Å². The van der Waals surface area contributed by atoms with Gasteiger partial charge in [0.1, 0.15) is 0 Å². The first-order chi connectivity index (χ1) is 9.13. The minimum atomic E-state index is -1.17. The highest BCUT2D eigenvalue weighted by Crippen LogP contribution is 2.18. The molecule has 1 saturated heterocycles. The molecule has 19 heavy (non-hydrogen) atoms. The van der Waals surface area contributed by atoms with Gasteiger partial charge >= 0.3 is 7.12 Å². The monoisotopic (exact) mass is 272 g/mol. The molecule has 1 aliphatic heterocycles. The first-order valence-corrected chi connectivity index (χ1v) is 7.48. The minimum Gasteiger partial charge on any atom is -0.427 e. The van der Waals surface area contributed by atoms with Crippen LogP contribution in [0.2, 0.25) is 6.32 Å². The Hall–Kier alpha value is -0.135. The Bertz CT molecular complexity index is 232. The standard InChI is InChI=1S/C13H29BN2O3/c1-19-11-13-6-4-9-16(13)10-7-12(15)5-2-3-8-14(17)18/h12-13,17-18H,2-11,15H2,1H3/t12?,13-/m1/s1. The van der Waals surface area contributed by atoms with Crippen LogP contribution >= 0.6 is 0 Å². The number of ether oxygens (including phenoxy) is 1. The number of nitrogens with zero attached hydrogens (tertiary/aromatic N) is 1. The first kappa shape index (κ1) is 16.9. The minimum absolute atomic E-state index is 0.222. The van der Waals surface area contributed by atoms with Crippen LogP contribution in [0.5, 0.6) is 0 Å². The normalized spacial score (nSPS) is 21.8. The fourth-order valence-corrected chi connectivity index (χ4v) is 2.78. The predicted octanol–water partition coefficient (Wildman–Crippen LogP) is 0.458. The maximum absolute atomic E-state index is 8.75. The van der Waals surface area contributed by atoms with E-state index in [0.717, 1.165) is 45.4 Å². The molecule has 0 spiro atoms. The average Bonchev–Trinajstić information content (AvgIpc) is 2.80. The van der Waals surface area contributed by atoms with Crippen LogP contribution in [0, 0.1) is 0 Å². The van der Waals surface area contributed by atoms with Gasteiger partial charge in [-0.25, -0.2) is 0 Å². The fourth-order valence-electron chi connectivity index (χ4n) is 2.78. The molecule has 1 heterocycles. The van der Waals surface area contributed by atoms with E-state index in [1.807, 2.05) is 0 Å². The van der Waals surface area contributed by atoms with E-state index in [4.69, 9.17) is 20.5 Å². The van der Waals surface area contributed by atoms with Crippen molar-refractivity contribution in [2.24, 2.45) is 5.73 Å². The zero-order chi connectivity index (χ0) is 14.1. The largest absolute Gasteiger partial charge is 0.451 e. The Balaban J connectivity index is 2.07. The van der Waals surface area contributed by atoms with Gasteiger partial charge in [0.25, 0.3) is 0 Å². The van der Waals surface area contributed by atoms with Gasteiger partial charge in [0.15, 0.2) is 0 Å². The molecular formula is C13H29BN2O3. The molecule has 5 nitrogen and oxygen atoms in total. The predicted molar refractivity (Wildman–Crippen MR) is 77.9 cm³/mol. The summed E-state index contributed by atoms with van der Waals surface area (Å²) < 4.78 is 5.24. The highest BCUT2D eigenvalue weighted by molar-refractivity contribution is 6.40. The van der Waals surface area contributed by atoms with Gasteiger partial charge in [-0.3, -0.25) is 4.90 Å². The summed E-state index contributed by atoms with van der Waals surface area (Å²) in [6.45, 7) is 3.04. The second kappa shape index (κ2) is 9.72. The maximum atomic E-state index is 8.75. The third kappa shape index (κ3) is 7.27. The van der Waals surface area contributed by atoms with Crippen molar-refractivity contribution in [2.45, 2.75) is 56.9 Å². The lowest BCUT2D eigenvalue weighted by Gasteiger charge is -2.25. The molecule has 1 rings (SSSR count). The van der Waals surface area contributed by atoms with E-state index in [9.17, 15) is 0 Å². The number of methoxy groups -OCH3 is 1. The molecule has 0 aliphatic carbocycles. The molecule has 0 saturated carbocycles. The van der Waals surface area contributed by atoms with Gasteiger partial charge in [0, 0.05) is 19.2 Å². The molecule has 0 radical (unpaired) electrons. The molecule has 0 amide bonds. The smallest absolute Gasteiger partial charge is 0.427 e. The summed E-state index contributed by atoms with van der Waals surface area (Å²) in [7, 11) is 0.591. The van der Waals surface area contributed by atoms with Crippen molar-refractivity contribution in [1.82, 2.24) is 4.90 Å². The van der Waals surface area contributed by atoms with E-state index in [1.54, 1.807) is 7.11 Å². The highest BCUT2D eigenvalue weighted by atomic mass is 16.5. The van der Waals surface area contributed by atoms with Gasteiger partial charge in [0.2, 0.25) is 0 Å². The van der Waals surface area contributed by atoms with Crippen LogP contribution in [0.4, 0.5) is 0 Å². The SMILES string of the molecule is COC[C@H]1CCCN1CCC(N)CCCCB(O)O. The Morgan fingerprint density at radius 2 is 2.16 bits per heavy atom. The molecule has 1 unspecified atom stereocenters. The number of rotatable bonds is 10. The summed E-state index contributed by atoms with van der Waals surface area (Å²) in [5, 5.41) is 17.5. The summed E-state index contributed by atoms with van der Waals surface area (Å²) >= 11 is 0. The number of nitrogens with two attached hydrogens (primary N) is 1. The maximum Gasteiger partial charge on any atom is 0.451 e. The Morgan fingerprint density at radius 1 is 1.37 bits per heavy atom. The lowest BCUT2D eigenvalue weighted by molar-refractivity contribution is 0.113. The third-order valence-electron chi connectivity index (χ3n) is 3.93. The number of hydrogen-bond acceptors (Lipinski definition) is 5. The van der Waals surface area contributed by atoms with Crippen molar-refractivity contribution in [3.05, 3.63) is 0 Å². The van der Waals surface area contributed by atoms with Crippen LogP contribution in [0.3, 0.4) is 0 Å². The second-order valence-corrected chi connectivity index (χ2v) is 5.60. The van der Waals surface area contributed by atoms with E-state index in [0.29, 0.717) is 12.4 Å². The molecule has 2 atom stereocenters. The molecule has 0 aromatic rings. The van der Waals surface area contributed by atoms with Crippen LogP contribution < -0.4 is 5.73 Å². The van der Waals surface area contributed by atoms with Crippen LogP contribution in [0.1, 0.15) is 38.5 Å². The van der Waals surface area contributed by atoms with Gasteiger partial charge < -0.3 is 20.5 Å². The molecule has 0 bridgehead atoms. The van der Waals surface area contributed by atoms with Crippen LogP contribution in [0.15, 0.2) is 0 Å². The van der Waals surface area contributed by atoms with Crippen LogP contribution in [0.25, 0.3) is 0 Å². The lowest BCUT2D eigenvalue weighted by atomic mass is 9.83. The van der Waals surface area contributed by atoms with Crippen LogP contribution in [-0.2, 0) is 4.74 Å². The van der Waals surface area contributed by atoms with Crippen molar-refractivity contribution < 1.29 is 14.8 Å². The van der Waals surface area contributed by atoms with E-state index < -0.39 is 7.12 Å². The zero-order valence-corrected chi connectivity index (χ0v) is 12.1. The van der Waals surface area contributed by atoms with Gasteiger partial charge in [-0.15, -0.1) is 0 Å². The Morgan fingerprint density at radius 3 is 2.84 bits per heavy atom. The van der Waals surface area contributed by atoms with Gasteiger partial charge in [-0.1, -0.05) is 12.8 Å². The number of likely N-dealkylation sites (tertiary alicyclic amines) is 1. The summed E-state index contributed by atoms with van der Waals surface area (Å²) in [4.78, 5) is 2.49. The quantitative estimate of drug-likeness (QED) is 0.398. The summed E-state index contributed by atoms with van der Waals surface area (Å²) in [5.41, 5.74) is 6.11. The van der Waals surface area contributed by atoms with Gasteiger partial charge in [-0.2, -0.15) is 0 Å². The van der Waals surface area contributed by atoms with Crippen molar-refractivity contribution in [2.75, 3.05) is 26.8 Å². The van der Waals surface area contributed by atoms with Crippen molar-refractivity contribution in [3.63, 3.8) is 0 Å². The average molecular weight is 272 g/mol. The van der Waals surface area contributed by atoms with Crippen LogP contribution in [-0.4, -0.2) is 61.0 Å². The Kier molecular flexibility index (Phi) is 8.65. The summed E-state index contributed by atoms with van der Waals surface area (Å²) in [5.74, 6) is 0. The fraction of sp³-hybridized carbons (Fsp3) is 1.00. The molecular weight excluding hydrogens is 243 g/mol. The molecule has 0 aromatic carbocycles. The van der Waals surface area contributed by atoms with E-state index >= 15 is 0 Å². The van der Waals surface area contributed by atoms with E-state index in [-0.39, 0.29) is 6.04 Å². The van der Waals surface area contributed by atoms with E-state index in [1.165, 1.54) is 12.8 Å². The van der Waals surface area contributed by atoms with Crippen molar-refractivity contribution in [1.29, 1.82) is 0 Å². The second-order valence-electron chi connectivity index (χ2n) is 5.60. The molecule has 1 aliphatic rings. The molecule has 0 aromatic heterocycles. The summed E-state index contributed by atoms with van der Waals surface area (Å²) in [6.07, 6.45) is 6.74. The highest BCUT2D eigenvalue weighted by Gasteiger charge is 2.24. The Labute approximate surface area is 117 Å². The van der Waals surface area contributed by atoms with E-state index in [2.05, 4.69) is 4.90 Å². The molecule has 112 valence electrons. The molecule has 1 fully saturated rings. The molecule has 6 heteroatoms.